The maximum atomic E-state index is 10.5. The lowest BCUT2D eigenvalue weighted by Gasteiger charge is -2.27. The Labute approximate surface area is 111 Å². The molecule has 1 fully saturated rings. The molecule has 1 aliphatic rings. The van der Waals surface area contributed by atoms with Gasteiger partial charge in [-0.1, -0.05) is 11.6 Å². The molecule has 2 unspecified atom stereocenters. The van der Waals surface area contributed by atoms with Crippen LogP contribution >= 0.6 is 23.5 Å². The van der Waals surface area contributed by atoms with Crippen molar-refractivity contribution in [2.45, 2.75) is 18.3 Å². The van der Waals surface area contributed by atoms with Crippen molar-refractivity contribution in [2.75, 3.05) is 24.4 Å². The first-order valence-electron chi connectivity index (χ1n) is 5.74. The third-order valence-electron chi connectivity index (χ3n) is 2.90. The molecule has 2 rings (SSSR count). The normalized spacial score (nSPS) is 22.2. The summed E-state index contributed by atoms with van der Waals surface area (Å²) in [6.07, 6.45) is -0.428. The minimum absolute atomic E-state index is 0.282. The van der Waals surface area contributed by atoms with Crippen LogP contribution in [0.1, 0.15) is 17.2 Å². The van der Waals surface area contributed by atoms with Gasteiger partial charge in [0.25, 0.3) is 0 Å². The van der Waals surface area contributed by atoms with Crippen LogP contribution in [0, 0.1) is 6.92 Å². The highest BCUT2D eigenvalue weighted by Crippen LogP contribution is 2.37. The van der Waals surface area contributed by atoms with E-state index in [1.807, 2.05) is 48.6 Å². The maximum absolute atomic E-state index is 10.5. The summed E-state index contributed by atoms with van der Waals surface area (Å²) >= 11 is 3.79. The third-order valence-corrected chi connectivity index (χ3v) is 5.75. The molecule has 1 heterocycles. The average molecular weight is 270 g/mol. The van der Waals surface area contributed by atoms with Crippen molar-refractivity contribution >= 4 is 23.5 Å². The van der Waals surface area contributed by atoms with Crippen LogP contribution in [0.15, 0.2) is 18.2 Å². The molecule has 0 bridgehead atoms. The van der Waals surface area contributed by atoms with Crippen molar-refractivity contribution in [2.24, 2.45) is 0 Å². The van der Waals surface area contributed by atoms with Gasteiger partial charge in [0.2, 0.25) is 0 Å². The summed E-state index contributed by atoms with van der Waals surface area (Å²) in [7, 11) is 1.66. The number of aliphatic hydroxyl groups excluding tert-OH is 1. The maximum Gasteiger partial charge on any atom is 0.124 e. The van der Waals surface area contributed by atoms with E-state index in [4.69, 9.17) is 4.74 Å². The van der Waals surface area contributed by atoms with E-state index < -0.39 is 6.10 Å². The van der Waals surface area contributed by atoms with Gasteiger partial charge in [0, 0.05) is 28.1 Å². The minimum Gasteiger partial charge on any atom is -0.496 e. The van der Waals surface area contributed by atoms with Gasteiger partial charge in [-0.15, -0.1) is 0 Å². The van der Waals surface area contributed by atoms with Crippen LogP contribution < -0.4 is 4.74 Å². The number of ether oxygens (including phenoxy) is 1. The Balaban J connectivity index is 2.21. The highest BCUT2D eigenvalue weighted by molar-refractivity contribution is 8.06. The zero-order valence-electron chi connectivity index (χ0n) is 10.2. The average Bonchev–Trinajstić information content (AvgIpc) is 2.39. The van der Waals surface area contributed by atoms with Crippen LogP contribution in [0.5, 0.6) is 5.75 Å². The fourth-order valence-electron chi connectivity index (χ4n) is 1.97. The minimum atomic E-state index is -0.428. The number of hydrogen-bond acceptors (Lipinski definition) is 4. The Kier molecular flexibility index (Phi) is 4.65. The standard InChI is InChI=1S/C13H18O2S2/c1-9-3-4-11(15-2)10(7-9)13(14)12-8-16-5-6-17-12/h3-4,7,12-14H,5-6,8H2,1-2H3. The van der Waals surface area contributed by atoms with Crippen molar-refractivity contribution < 1.29 is 9.84 Å². The second-order valence-electron chi connectivity index (χ2n) is 4.17. The van der Waals surface area contributed by atoms with E-state index in [1.165, 1.54) is 5.75 Å². The molecular weight excluding hydrogens is 252 g/mol. The van der Waals surface area contributed by atoms with Crippen molar-refractivity contribution in [3.63, 3.8) is 0 Å². The second-order valence-corrected chi connectivity index (χ2v) is 6.67. The molecule has 1 saturated heterocycles. The molecule has 0 radical (unpaired) electrons. The Morgan fingerprint density at radius 1 is 1.41 bits per heavy atom. The molecular formula is C13H18O2S2. The number of hydrogen-bond donors (Lipinski definition) is 1. The Bertz CT molecular complexity index is 376. The molecule has 1 aromatic rings. The van der Waals surface area contributed by atoms with Crippen molar-refractivity contribution in [1.82, 2.24) is 0 Å². The quantitative estimate of drug-likeness (QED) is 0.914. The molecule has 4 heteroatoms. The van der Waals surface area contributed by atoms with Gasteiger partial charge in [0.15, 0.2) is 0 Å². The summed E-state index contributed by atoms with van der Waals surface area (Å²) in [4.78, 5) is 0. The van der Waals surface area contributed by atoms with Crippen molar-refractivity contribution in [1.29, 1.82) is 0 Å². The fraction of sp³-hybridized carbons (Fsp3) is 0.538. The largest absolute Gasteiger partial charge is 0.496 e. The molecule has 1 aromatic carbocycles. The van der Waals surface area contributed by atoms with Crippen LogP contribution in [0.25, 0.3) is 0 Å². The predicted molar refractivity (Wildman–Crippen MR) is 76.3 cm³/mol. The molecule has 0 amide bonds. The first-order valence-corrected chi connectivity index (χ1v) is 7.94. The van der Waals surface area contributed by atoms with Gasteiger partial charge in [-0.05, 0) is 19.1 Å². The molecule has 0 spiro atoms. The van der Waals surface area contributed by atoms with Gasteiger partial charge in [-0.3, -0.25) is 0 Å². The summed E-state index contributed by atoms with van der Waals surface area (Å²) in [5.74, 6) is 4.13. The number of aliphatic hydroxyl groups is 1. The lowest BCUT2D eigenvalue weighted by atomic mass is 10.0. The summed E-state index contributed by atoms with van der Waals surface area (Å²) in [5, 5.41) is 10.7. The van der Waals surface area contributed by atoms with Crippen LogP contribution in [0.3, 0.4) is 0 Å². The molecule has 1 aliphatic heterocycles. The van der Waals surface area contributed by atoms with Crippen LogP contribution in [0.4, 0.5) is 0 Å². The molecule has 0 aliphatic carbocycles. The Hall–Kier alpha value is -0.320. The number of thioether (sulfide) groups is 2. The molecule has 2 atom stereocenters. The number of rotatable bonds is 3. The van der Waals surface area contributed by atoms with Gasteiger partial charge < -0.3 is 9.84 Å². The van der Waals surface area contributed by atoms with E-state index in [2.05, 4.69) is 0 Å². The molecule has 94 valence electrons. The van der Waals surface area contributed by atoms with E-state index in [0.29, 0.717) is 0 Å². The van der Waals surface area contributed by atoms with Crippen LogP contribution in [0.2, 0.25) is 0 Å². The van der Waals surface area contributed by atoms with Crippen LogP contribution in [-0.4, -0.2) is 34.7 Å². The summed E-state index contributed by atoms with van der Waals surface area (Å²) < 4.78 is 5.34. The highest BCUT2D eigenvalue weighted by atomic mass is 32.2. The van der Waals surface area contributed by atoms with E-state index in [-0.39, 0.29) is 5.25 Å². The third kappa shape index (κ3) is 3.12. The van der Waals surface area contributed by atoms with Crippen molar-refractivity contribution in [3.8, 4) is 5.75 Å². The second kappa shape index (κ2) is 6.03. The molecule has 17 heavy (non-hydrogen) atoms. The van der Waals surface area contributed by atoms with Gasteiger partial charge in [-0.2, -0.15) is 23.5 Å². The van der Waals surface area contributed by atoms with Gasteiger partial charge in [-0.25, -0.2) is 0 Å². The summed E-state index contributed by atoms with van der Waals surface area (Å²) in [6.45, 7) is 2.04. The van der Waals surface area contributed by atoms with Crippen molar-refractivity contribution in [3.05, 3.63) is 29.3 Å². The summed E-state index contributed by atoms with van der Waals surface area (Å²) in [6, 6.07) is 5.98. The first kappa shape index (κ1) is 13.1. The van der Waals surface area contributed by atoms with E-state index in [9.17, 15) is 5.11 Å². The molecule has 0 aromatic heterocycles. The number of aryl methyl sites for hydroxylation is 1. The predicted octanol–water partition coefficient (Wildman–Crippen LogP) is 2.89. The van der Waals surface area contributed by atoms with Gasteiger partial charge >= 0.3 is 0 Å². The van der Waals surface area contributed by atoms with Gasteiger partial charge in [0.1, 0.15) is 5.75 Å². The lowest BCUT2D eigenvalue weighted by molar-refractivity contribution is 0.176. The van der Waals surface area contributed by atoms with Gasteiger partial charge in [0.05, 0.1) is 13.2 Å². The highest BCUT2D eigenvalue weighted by Gasteiger charge is 2.26. The number of benzene rings is 1. The zero-order chi connectivity index (χ0) is 12.3. The van der Waals surface area contributed by atoms with E-state index >= 15 is 0 Å². The first-order chi connectivity index (χ1) is 8.22. The lowest BCUT2D eigenvalue weighted by Crippen LogP contribution is -2.22. The molecule has 1 N–H and O–H groups in total. The smallest absolute Gasteiger partial charge is 0.124 e. The Morgan fingerprint density at radius 2 is 2.24 bits per heavy atom. The molecule has 2 nitrogen and oxygen atoms in total. The van der Waals surface area contributed by atoms with E-state index in [0.717, 1.165) is 28.4 Å². The topological polar surface area (TPSA) is 29.5 Å². The van der Waals surface area contributed by atoms with Crippen LogP contribution in [-0.2, 0) is 0 Å². The fourth-order valence-corrected chi connectivity index (χ4v) is 4.72. The SMILES string of the molecule is COc1ccc(C)cc1C(O)C1CSCCS1. The number of methoxy groups -OCH3 is 1. The monoisotopic (exact) mass is 270 g/mol. The Morgan fingerprint density at radius 3 is 2.88 bits per heavy atom. The summed E-state index contributed by atoms with van der Waals surface area (Å²) in [5.41, 5.74) is 2.08. The molecule has 0 saturated carbocycles. The zero-order valence-corrected chi connectivity index (χ0v) is 11.8. The van der Waals surface area contributed by atoms with E-state index in [1.54, 1.807) is 7.11 Å².